The average Bonchev–Trinajstić information content (AvgIpc) is 2.92. The predicted octanol–water partition coefficient (Wildman–Crippen LogP) is 1.46. The third-order valence-corrected chi connectivity index (χ3v) is 4.33. The smallest absolute Gasteiger partial charge is 0.272 e. The van der Waals surface area contributed by atoms with Crippen molar-refractivity contribution in [1.82, 2.24) is 25.4 Å². The molecule has 2 aromatic heterocycles. The lowest BCUT2D eigenvalue weighted by molar-refractivity contribution is 0.0933. The molecule has 1 aliphatic rings. The summed E-state index contributed by atoms with van der Waals surface area (Å²) in [6.07, 6.45) is 3.41. The van der Waals surface area contributed by atoms with Crippen molar-refractivity contribution >= 4 is 5.91 Å². The lowest BCUT2D eigenvalue weighted by atomic mass is 10.0. The topological polar surface area (TPSA) is 73.9 Å². The lowest BCUT2D eigenvalue weighted by Crippen LogP contribution is -2.36. The fourth-order valence-corrected chi connectivity index (χ4v) is 2.98. The zero-order valence-corrected chi connectivity index (χ0v) is 13.9. The van der Waals surface area contributed by atoms with Crippen LogP contribution in [0.3, 0.4) is 0 Å². The van der Waals surface area contributed by atoms with Gasteiger partial charge in [-0.3, -0.25) is 14.9 Å². The molecule has 122 valence electrons. The standard InChI is InChI=1S/C17H23N5O/c1-11-5-4-7-18-15(11)9-12(2)19-17(23)16-13-10-22(3)8-6-14(13)20-21-16/h4-5,7,12H,6,8-10H2,1-3H3,(H,19,23)(H,20,21)/t12-/m1/s1. The number of hydrogen-bond donors (Lipinski definition) is 2. The Kier molecular flexibility index (Phi) is 4.43. The first-order valence-electron chi connectivity index (χ1n) is 8.00. The van der Waals surface area contributed by atoms with E-state index < -0.39 is 0 Å². The summed E-state index contributed by atoms with van der Waals surface area (Å²) < 4.78 is 0. The minimum atomic E-state index is -0.112. The van der Waals surface area contributed by atoms with Crippen molar-refractivity contribution < 1.29 is 4.79 Å². The first-order valence-corrected chi connectivity index (χ1v) is 8.00. The molecule has 0 radical (unpaired) electrons. The van der Waals surface area contributed by atoms with E-state index in [1.807, 2.05) is 26.0 Å². The van der Waals surface area contributed by atoms with Crippen LogP contribution >= 0.6 is 0 Å². The summed E-state index contributed by atoms with van der Waals surface area (Å²) in [6, 6.07) is 3.97. The van der Waals surface area contributed by atoms with E-state index in [0.29, 0.717) is 12.1 Å². The summed E-state index contributed by atoms with van der Waals surface area (Å²) in [7, 11) is 2.06. The minimum Gasteiger partial charge on any atom is -0.348 e. The molecule has 0 saturated carbocycles. The third kappa shape index (κ3) is 3.42. The molecule has 1 aliphatic heterocycles. The van der Waals surface area contributed by atoms with Gasteiger partial charge in [0.1, 0.15) is 0 Å². The van der Waals surface area contributed by atoms with E-state index in [-0.39, 0.29) is 11.9 Å². The van der Waals surface area contributed by atoms with Crippen LogP contribution in [0, 0.1) is 6.92 Å². The van der Waals surface area contributed by atoms with Gasteiger partial charge in [-0.1, -0.05) is 6.07 Å². The van der Waals surface area contributed by atoms with Gasteiger partial charge in [-0.15, -0.1) is 0 Å². The number of nitrogens with one attached hydrogen (secondary N) is 2. The predicted molar refractivity (Wildman–Crippen MR) is 88.2 cm³/mol. The molecule has 2 N–H and O–H groups in total. The Morgan fingerprint density at radius 2 is 2.35 bits per heavy atom. The molecule has 0 spiro atoms. The lowest BCUT2D eigenvalue weighted by Gasteiger charge is -2.22. The number of likely N-dealkylation sites (N-methyl/N-ethyl adjacent to an activating group) is 1. The number of aromatic nitrogens is 3. The molecule has 1 amide bonds. The van der Waals surface area contributed by atoms with Crippen LogP contribution in [-0.2, 0) is 19.4 Å². The van der Waals surface area contributed by atoms with Crippen molar-refractivity contribution in [3.63, 3.8) is 0 Å². The number of aromatic amines is 1. The highest BCUT2D eigenvalue weighted by atomic mass is 16.2. The van der Waals surface area contributed by atoms with E-state index in [2.05, 4.69) is 32.4 Å². The second kappa shape index (κ2) is 6.50. The molecular weight excluding hydrogens is 290 g/mol. The fraction of sp³-hybridized carbons (Fsp3) is 0.471. The maximum Gasteiger partial charge on any atom is 0.272 e. The van der Waals surface area contributed by atoms with Crippen LogP contribution in [0.5, 0.6) is 0 Å². The van der Waals surface area contributed by atoms with Crippen molar-refractivity contribution in [3.8, 4) is 0 Å². The van der Waals surface area contributed by atoms with E-state index in [9.17, 15) is 4.79 Å². The molecule has 6 heteroatoms. The summed E-state index contributed by atoms with van der Waals surface area (Å²) in [5, 5.41) is 10.3. The van der Waals surface area contributed by atoms with E-state index in [0.717, 1.165) is 42.0 Å². The number of rotatable bonds is 4. The fourth-order valence-electron chi connectivity index (χ4n) is 2.98. The summed E-state index contributed by atoms with van der Waals surface area (Å²) >= 11 is 0. The minimum absolute atomic E-state index is 0.00442. The second-order valence-electron chi connectivity index (χ2n) is 6.36. The molecule has 2 aromatic rings. The van der Waals surface area contributed by atoms with Crippen molar-refractivity contribution in [2.45, 2.75) is 39.3 Å². The first kappa shape index (κ1) is 15.7. The van der Waals surface area contributed by atoms with Gasteiger partial charge < -0.3 is 10.2 Å². The molecule has 6 nitrogen and oxygen atoms in total. The molecule has 3 rings (SSSR count). The van der Waals surface area contributed by atoms with Gasteiger partial charge in [-0.2, -0.15) is 5.10 Å². The normalized spacial score (nSPS) is 16.0. The molecule has 0 fully saturated rings. The van der Waals surface area contributed by atoms with Gasteiger partial charge in [0.05, 0.1) is 0 Å². The molecule has 23 heavy (non-hydrogen) atoms. The Morgan fingerprint density at radius 3 is 3.13 bits per heavy atom. The van der Waals surface area contributed by atoms with Crippen LogP contribution < -0.4 is 5.32 Å². The van der Waals surface area contributed by atoms with Gasteiger partial charge in [0.2, 0.25) is 0 Å². The highest BCUT2D eigenvalue weighted by molar-refractivity contribution is 5.94. The largest absolute Gasteiger partial charge is 0.348 e. The average molecular weight is 313 g/mol. The Hall–Kier alpha value is -2.21. The van der Waals surface area contributed by atoms with Crippen molar-refractivity contribution in [3.05, 3.63) is 46.5 Å². The van der Waals surface area contributed by atoms with Crippen LogP contribution in [-0.4, -0.2) is 45.6 Å². The van der Waals surface area contributed by atoms with Gasteiger partial charge >= 0.3 is 0 Å². The van der Waals surface area contributed by atoms with E-state index in [1.165, 1.54) is 0 Å². The van der Waals surface area contributed by atoms with Crippen LogP contribution in [0.15, 0.2) is 18.3 Å². The highest BCUT2D eigenvalue weighted by Crippen LogP contribution is 2.19. The number of pyridine rings is 1. The van der Waals surface area contributed by atoms with Gasteiger partial charge in [0.25, 0.3) is 5.91 Å². The first-order chi connectivity index (χ1) is 11.0. The Bertz CT molecular complexity index is 709. The molecule has 0 bridgehead atoms. The van der Waals surface area contributed by atoms with Gasteiger partial charge in [-0.05, 0) is 32.5 Å². The van der Waals surface area contributed by atoms with Gasteiger partial charge in [0.15, 0.2) is 5.69 Å². The molecule has 1 atom stereocenters. The molecule has 0 aliphatic carbocycles. The van der Waals surface area contributed by atoms with Crippen LogP contribution in [0.1, 0.15) is 39.9 Å². The highest BCUT2D eigenvalue weighted by Gasteiger charge is 2.24. The number of fused-ring (bicyclic) bond motifs is 1. The van der Waals surface area contributed by atoms with Gasteiger partial charge in [0, 0.05) is 55.1 Å². The van der Waals surface area contributed by atoms with Gasteiger partial charge in [-0.25, -0.2) is 0 Å². The molecule has 0 unspecified atom stereocenters. The number of carbonyl (C=O) groups is 1. The number of amides is 1. The molecule has 0 saturated heterocycles. The second-order valence-corrected chi connectivity index (χ2v) is 6.36. The summed E-state index contributed by atoms with van der Waals surface area (Å²) in [5.41, 5.74) is 4.80. The van der Waals surface area contributed by atoms with E-state index in [4.69, 9.17) is 0 Å². The molecule has 0 aromatic carbocycles. The maximum absolute atomic E-state index is 12.5. The monoisotopic (exact) mass is 313 g/mol. The quantitative estimate of drug-likeness (QED) is 0.896. The Labute approximate surface area is 136 Å². The SMILES string of the molecule is Cc1cccnc1C[C@@H](C)NC(=O)c1n[nH]c2c1CN(C)CC2. The van der Waals surface area contributed by atoms with Crippen LogP contribution in [0.2, 0.25) is 0 Å². The number of H-pyrrole nitrogens is 1. The van der Waals surface area contributed by atoms with Crippen molar-refractivity contribution in [2.24, 2.45) is 0 Å². The summed E-state index contributed by atoms with van der Waals surface area (Å²) in [4.78, 5) is 19.1. The maximum atomic E-state index is 12.5. The van der Waals surface area contributed by atoms with Crippen molar-refractivity contribution in [2.75, 3.05) is 13.6 Å². The molecule has 3 heterocycles. The zero-order valence-electron chi connectivity index (χ0n) is 13.9. The molecular formula is C17H23N5O. The van der Waals surface area contributed by atoms with Crippen LogP contribution in [0.4, 0.5) is 0 Å². The Morgan fingerprint density at radius 1 is 1.52 bits per heavy atom. The summed E-state index contributed by atoms with van der Waals surface area (Å²) in [5.74, 6) is -0.112. The van der Waals surface area contributed by atoms with Crippen molar-refractivity contribution in [1.29, 1.82) is 0 Å². The van der Waals surface area contributed by atoms with E-state index >= 15 is 0 Å². The number of nitrogens with zero attached hydrogens (tertiary/aromatic N) is 3. The Balaban J connectivity index is 1.68. The third-order valence-electron chi connectivity index (χ3n) is 4.33. The summed E-state index contributed by atoms with van der Waals surface area (Å²) in [6.45, 7) is 5.79. The van der Waals surface area contributed by atoms with E-state index in [1.54, 1.807) is 6.20 Å². The number of carbonyl (C=O) groups excluding carboxylic acids is 1. The number of aryl methyl sites for hydroxylation is 1. The van der Waals surface area contributed by atoms with Crippen LogP contribution in [0.25, 0.3) is 0 Å². The zero-order chi connectivity index (χ0) is 16.4. The number of hydrogen-bond acceptors (Lipinski definition) is 4.